The molecule has 13 nitrogen and oxygen atoms in total. The molecule has 2 fully saturated rings. The molecule has 2 aromatic heterocycles. The van der Waals surface area contributed by atoms with Gasteiger partial charge in [0.2, 0.25) is 0 Å². The average molecular weight is 467 g/mol. The van der Waals surface area contributed by atoms with Crippen LogP contribution < -0.4 is 5.73 Å². The van der Waals surface area contributed by atoms with Crippen LogP contribution in [0.3, 0.4) is 0 Å². The smallest absolute Gasteiger partial charge is 0.341 e. The van der Waals surface area contributed by atoms with Crippen LogP contribution in [0.1, 0.15) is 12.5 Å². The second-order valence-electron chi connectivity index (χ2n) is 7.32. The summed E-state index contributed by atoms with van der Waals surface area (Å²) in [6, 6.07) is -0.959. The highest BCUT2D eigenvalue weighted by atomic mass is 32.2. The average Bonchev–Trinajstić information content (AvgIpc) is 3.05. The van der Waals surface area contributed by atoms with E-state index in [0.29, 0.717) is 5.16 Å². The van der Waals surface area contributed by atoms with Gasteiger partial charge in [-0.3, -0.25) is 9.13 Å². The maximum absolute atomic E-state index is 11.9. The number of nitrogens with two attached hydrogens (primary N) is 1. The van der Waals surface area contributed by atoms with Crippen LogP contribution in [-0.2, 0) is 9.13 Å². The predicted octanol–water partition coefficient (Wildman–Crippen LogP) is -0.905. The molecule has 5 atom stereocenters. The van der Waals surface area contributed by atoms with Gasteiger partial charge in [0.05, 0.1) is 18.5 Å². The van der Waals surface area contributed by atoms with E-state index in [1.165, 1.54) is 22.7 Å². The van der Waals surface area contributed by atoms with Crippen molar-refractivity contribution in [3.63, 3.8) is 0 Å². The largest absolute Gasteiger partial charge is 0.390 e. The van der Waals surface area contributed by atoms with E-state index in [9.17, 15) is 38.9 Å². The van der Waals surface area contributed by atoms with E-state index in [1.54, 1.807) is 6.26 Å². The van der Waals surface area contributed by atoms with Gasteiger partial charge in [0.1, 0.15) is 11.6 Å². The molecule has 0 amide bonds. The molecule has 2 heterocycles. The van der Waals surface area contributed by atoms with Crippen LogP contribution in [0.2, 0.25) is 0 Å². The molecule has 2 aromatic rings. The van der Waals surface area contributed by atoms with Crippen LogP contribution in [0.25, 0.3) is 11.2 Å². The van der Waals surface area contributed by atoms with Crippen LogP contribution in [0, 0.1) is 11.3 Å². The molecule has 160 valence electrons. The fourth-order valence-electron chi connectivity index (χ4n) is 4.70. The second kappa shape index (κ2) is 6.46. The third-order valence-electron chi connectivity index (χ3n) is 5.79. The molecule has 0 aliphatic heterocycles. The standard InChI is InChI=1S/C13H19N5O8P2S/c1-29-12-16-9(14)5-10(17-12)18(3-15-5)6-4-2-13(4,8(20)7(6)19)11(27(21,22)23)28(24,25)26/h3-4,6-8,11,19-20H,2H2,1H3,(H2,14,16,17)(H2,21,22,23)(H2,24,25,26)/t4-,6-,7+,8+,13-/m1/s1. The minimum absolute atomic E-state index is 0.0909. The Bertz CT molecular complexity index is 1060. The van der Waals surface area contributed by atoms with Crippen LogP contribution in [0.4, 0.5) is 5.82 Å². The zero-order chi connectivity index (χ0) is 21.5. The van der Waals surface area contributed by atoms with Gasteiger partial charge in [-0.15, -0.1) is 0 Å². The quantitative estimate of drug-likeness (QED) is 0.161. The predicted molar refractivity (Wildman–Crippen MR) is 101 cm³/mol. The van der Waals surface area contributed by atoms with Crippen LogP contribution >= 0.6 is 27.0 Å². The minimum atomic E-state index is -5.31. The summed E-state index contributed by atoms with van der Waals surface area (Å²) < 4.78 is 25.3. The SMILES string of the molecule is CSc1nc(N)c2ncn([C@H]3[C@H](O)[C@H](O)[C@@]4(C(P(=O)(O)O)P(=O)(O)O)C[C@H]34)c2n1. The van der Waals surface area contributed by atoms with Crippen molar-refractivity contribution in [1.82, 2.24) is 19.5 Å². The number of anilines is 1. The highest BCUT2D eigenvalue weighted by molar-refractivity contribution is 7.98. The van der Waals surface area contributed by atoms with Gasteiger partial charge in [-0.05, 0) is 18.6 Å². The molecule has 0 saturated heterocycles. The maximum atomic E-state index is 11.9. The Morgan fingerprint density at radius 3 is 2.41 bits per heavy atom. The Morgan fingerprint density at radius 1 is 1.24 bits per heavy atom. The Kier molecular flexibility index (Phi) is 4.71. The Balaban J connectivity index is 1.84. The number of thioether (sulfide) groups is 1. The molecule has 2 saturated carbocycles. The highest BCUT2D eigenvalue weighted by Gasteiger charge is 2.80. The van der Waals surface area contributed by atoms with Crippen molar-refractivity contribution in [2.75, 3.05) is 12.0 Å². The molecule has 0 bridgehead atoms. The number of rotatable bonds is 5. The number of aliphatic hydroxyl groups is 2. The number of aliphatic hydroxyl groups excluding tert-OH is 2. The van der Waals surface area contributed by atoms with E-state index in [2.05, 4.69) is 15.0 Å². The number of hydrogen-bond acceptors (Lipinski definition) is 9. The molecule has 4 rings (SSSR count). The first-order chi connectivity index (χ1) is 13.3. The number of aromatic nitrogens is 4. The third-order valence-corrected chi connectivity index (χ3v) is 10.4. The summed E-state index contributed by atoms with van der Waals surface area (Å²) in [5.74, 6) is -0.722. The number of nitrogen functional groups attached to an aromatic ring is 1. The molecule has 2 aliphatic carbocycles. The Labute approximate surface area is 167 Å². The summed E-state index contributed by atoms with van der Waals surface area (Å²) in [6.45, 7) is 0. The van der Waals surface area contributed by atoms with E-state index in [0.717, 1.165) is 0 Å². The first kappa shape index (κ1) is 21.2. The third kappa shape index (κ3) is 2.98. The summed E-state index contributed by atoms with van der Waals surface area (Å²) in [5.41, 5.74) is 4.53. The molecule has 2 aliphatic rings. The molecule has 0 unspecified atom stereocenters. The summed E-state index contributed by atoms with van der Waals surface area (Å²) in [6.07, 6.45) is -0.378. The van der Waals surface area contributed by atoms with Crippen molar-refractivity contribution in [3.8, 4) is 0 Å². The van der Waals surface area contributed by atoms with Crippen molar-refractivity contribution in [3.05, 3.63) is 6.33 Å². The molecule has 0 radical (unpaired) electrons. The Morgan fingerprint density at radius 2 is 1.86 bits per heavy atom. The van der Waals surface area contributed by atoms with Crippen molar-refractivity contribution in [2.24, 2.45) is 11.3 Å². The topological polar surface area (TPSA) is 225 Å². The zero-order valence-corrected chi connectivity index (χ0v) is 17.4. The van der Waals surface area contributed by atoms with Crippen molar-refractivity contribution in [1.29, 1.82) is 0 Å². The fraction of sp³-hybridized carbons (Fsp3) is 0.615. The number of imidazole rings is 1. The lowest BCUT2D eigenvalue weighted by Crippen LogP contribution is -2.39. The monoisotopic (exact) mass is 467 g/mol. The molecule has 0 spiro atoms. The number of fused-ring (bicyclic) bond motifs is 2. The lowest BCUT2D eigenvalue weighted by molar-refractivity contribution is -0.0168. The van der Waals surface area contributed by atoms with Crippen molar-refractivity contribution in [2.45, 2.75) is 35.2 Å². The molecular formula is C13H19N5O8P2S. The van der Waals surface area contributed by atoms with Gasteiger partial charge in [0, 0.05) is 5.41 Å². The minimum Gasteiger partial charge on any atom is -0.390 e. The van der Waals surface area contributed by atoms with E-state index < -0.39 is 50.2 Å². The van der Waals surface area contributed by atoms with Gasteiger partial charge >= 0.3 is 15.2 Å². The maximum Gasteiger partial charge on any atom is 0.341 e. The molecule has 8 N–H and O–H groups in total. The van der Waals surface area contributed by atoms with Crippen molar-refractivity contribution >= 4 is 43.9 Å². The summed E-state index contributed by atoms with van der Waals surface area (Å²) in [4.78, 5) is 51.0. The van der Waals surface area contributed by atoms with Gasteiger partial charge in [0.15, 0.2) is 22.0 Å². The van der Waals surface area contributed by atoms with Gasteiger partial charge in [-0.1, -0.05) is 11.8 Å². The Hall–Kier alpha value is -1.08. The van der Waals surface area contributed by atoms with Crippen LogP contribution in [0.5, 0.6) is 0 Å². The molecular weight excluding hydrogens is 448 g/mol. The van der Waals surface area contributed by atoms with E-state index in [4.69, 9.17) is 5.73 Å². The fourth-order valence-corrected chi connectivity index (χ4v) is 8.79. The lowest BCUT2D eigenvalue weighted by Gasteiger charge is -2.30. The first-order valence-electron chi connectivity index (χ1n) is 8.34. The molecule has 0 aromatic carbocycles. The summed E-state index contributed by atoms with van der Waals surface area (Å²) >= 11 is 1.21. The summed E-state index contributed by atoms with van der Waals surface area (Å²) in [7, 11) is -10.6. The first-order valence-corrected chi connectivity index (χ1v) is 12.9. The highest BCUT2D eigenvalue weighted by Crippen LogP contribution is 2.81. The molecule has 16 heteroatoms. The van der Waals surface area contributed by atoms with E-state index in [1.807, 2.05) is 0 Å². The van der Waals surface area contributed by atoms with Gasteiger partial charge in [-0.2, -0.15) is 0 Å². The van der Waals surface area contributed by atoms with Crippen LogP contribution in [-0.4, -0.2) is 73.2 Å². The zero-order valence-electron chi connectivity index (χ0n) is 14.8. The number of hydrogen-bond donors (Lipinski definition) is 7. The normalized spacial score (nSPS) is 32.1. The second-order valence-corrected chi connectivity index (χ2v) is 11.9. The van der Waals surface area contributed by atoms with Gasteiger partial charge < -0.3 is 40.1 Å². The summed E-state index contributed by atoms with van der Waals surface area (Å²) in [5, 5.41) is 19.2. The lowest BCUT2D eigenvalue weighted by atomic mass is 10.0. The van der Waals surface area contributed by atoms with Crippen molar-refractivity contribution < 1.29 is 38.9 Å². The molecule has 29 heavy (non-hydrogen) atoms. The number of nitrogens with zero attached hydrogens (tertiary/aromatic N) is 4. The van der Waals surface area contributed by atoms with E-state index >= 15 is 0 Å². The van der Waals surface area contributed by atoms with Gasteiger partial charge in [-0.25, -0.2) is 15.0 Å². The van der Waals surface area contributed by atoms with Crippen LogP contribution in [0.15, 0.2) is 11.5 Å². The van der Waals surface area contributed by atoms with Gasteiger partial charge in [0.25, 0.3) is 0 Å². The van der Waals surface area contributed by atoms with E-state index in [-0.39, 0.29) is 23.4 Å².